The maximum absolute atomic E-state index is 11.1. The van der Waals surface area contributed by atoms with Crippen molar-refractivity contribution in [2.24, 2.45) is 5.84 Å². The molecule has 1 saturated heterocycles. The van der Waals surface area contributed by atoms with E-state index in [1.54, 1.807) is 0 Å². The molecule has 1 saturated carbocycles. The van der Waals surface area contributed by atoms with E-state index in [4.69, 9.17) is 5.84 Å². The van der Waals surface area contributed by atoms with Crippen molar-refractivity contribution in [2.75, 3.05) is 6.54 Å². The number of urea groups is 1. The van der Waals surface area contributed by atoms with E-state index in [0.29, 0.717) is 0 Å². The lowest BCUT2D eigenvalue weighted by Gasteiger charge is -2.36. The van der Waals surface area contributed by atoms with Crippen molar-refractivity contribution in [3.05, 3.63) is 0 Å². The first-order chi connectivity index (χ1) is 5.75. The molecular weight excluding hydrogens is 154 g/mol. The molecule has 1 aliphatic heterocycles. The van der Waals surface area contributed by atoms with E-state index in [2.05, 4.69) is 5.32 Å². The first-order valence-electron chi connectivity index (χ1n) is 4.57. The smallest absolute Gasteiger partial charge is 0.332 e. The lowest BCUT2D eigenvalue weighted by atomic mass is 9.82. The van der Waals surface area contributed by atoms with E-state index in [1.807, 2.05) is 0 Å². The molecule has 0 atom stereocenters. The zero-order valence-electron chi connectivity index (χ0n) is 7.18. The van der Waals surface area contributed by atoms with Crippen LogP contribution in [-0.2, 0) is 0 Å². The van der Waals surface area contributed by atoms with Crippen molar-refractivity contribution < 1.29 is 4.79 Å². The molecule has 4 nitrogen and oxygen atoms in total. The summed E-state index contributed by atoms with van der Waals surface area (Å²) in [4.78, 5) is 11.1. The van der Waals surface area contributed by atoms with Gasteiger partial charge in [0, 0.05) is 6.54 Å². The number of carbonyl (C=O) groups is 1. The number of amides is 2. The van der Waals surface area contributed by atoms with Gasteiger partial charge in [-0.3, -0.25) is 5.01 Å². The molecule has 0 aromatic heterocycles. The highest BCUT2D eigenvalue weighted by molar-refractivity contribution is 5.77. The monoisotopic (exact) mass is 169 g/mol. The molecule has 1 heterocycles. The van der Waals surface area contributed by atoms with E-state index in [9.17, 15) is 4.79 Å². The van der Waals surface area contributed by atoms with Crippen LogP contribution in [0.25, 0.3) is 0 Å². The normalized spacial score (nSPS) is 27.8. The predicted molar refractivity (Wildman–Crippen MR) is 45.2 cm³/mol. The minimum Gasteiger partial charge on any atom is -0.334 e. The molecule has 0 aromatic rings. The number of nitrogens with one attached hydrogen (secondary N) is 1. The summed E-state index contributed by atoms with van der Waals surface area (Å²) in [6.45, 7) is 0.738. The van der Waals surface area contributed by atoms with Crippen LogP contribution in [-0.4, -0.2) is 23.1 Å². The molecule has 1 aliphatic carbocycles. The lowest BCUT2D eigenvalue weighted by Crippen LogP contribution is -2.52. The predicted octanol–water partition coefficient (Wildman–Crippen LogP) is 0.588. The highest BCUT2D eigenvalue weighted by Crippen LogP contribution is 2.33. The first kappa shape index (κ1) is 7.86. The van der Waals surface area contributed by atoms with Gasteiger partial charge in [-0.15, -0.1) is 0 Å². The quantitative estimate of drug-likeness (QED) is 0.412. The standard InChI is InChI=1S/C8H15N3O/c9-11-7(12)10-6-8(11)4-2-1-3-5-8/h1-6,9H2,(H,10,12). The number of nitrogens with zero attached hydrogens (tertiary/aromatic N) is 1. The second kappa shape index (κ2) is 2.62. The van der Waals surface area contributed by atoms with Gasteiger partial charge in [-0.2, -0.15) is 0 Å². The SMILES string of the molecule is NN1C(=O)NCC12CCCCC2. The molecule has 0 unspecified atom stereocenters. The summed E-state index contributed by atoms with van der Waals surface area (Å²) in [5.74, 6) is 5.71. The Balaban J connectivity index is 2.14. The number of hydrogen-bond acceptors (Lipinski definition) is 2. The van der Waals surface area contributed by atoms with Crippen molar-refractivity contribution in [1.29, 1.82) is 0 Å². The van der Waals surface area contributed by atoms with E-state index >= 15 is 0 Å². The molecule has 2 fully saturated rings. The fraction of sp³-hybridized carbons (Fsp3) is 0.875. The second-order valence-corrected chi connectivity index (χ2v) is 3.81. The Morgan fingerprint density at radius 3 is 2.50 bits per heavy atom. The van der Waals surface area contributed by atoms with Crippen molar-refractivity contribution in [3.63, 3.8) is 0 Å². The van der Waals surface area contributed by atoms with E-state index in [-0.39, 0.29) is 11.6 Å². The highest BCUT2D eigenvalue weighted by atomic mass is 16.2. The summed E-state index contributed by atoms with van der Waals surface area (Å²) in [6, 6.07) is -0.114. The summed E-state index contributed by atoms with van der Waals surface area (Å²) in [5.41, 5.74) is -0.0463. The van der Waals surface area contributed by atoms with Crippen molar-refractivity contribution >= 4 is 6.03 Å². The van der Waals surface area contributed by atoms with Crippen LogP contribution in [0.2, 0.25) is 0 Å². The van der Waals surface area contributed by atoms with Crippen LogP contribution in [0, 0.1) is 0 Å². The average molecular weight is 169 g/mol. The molecule has 12 heavy (non-hydrogen) atoms. The molecule has 4 heteroatoms. The van der Waals surface area contributed by atoms with Gasteiger partial charge in [-0.1, -0.05) is 19.3 Å². The van der Waals surface area contributed by atoms with Gasteiger partial charge in [0.05, 0.1) is 5.54 Å². The average Bonchev–Trinajstić information content (AvgIpc) is 2.37. The van der Waals surface area contributed by atoms with Gasteiger partial charge in [-0.05, 0) is 12.8 Å². The Labute approximate surface area is 72.1 Å². The fourth-order valence-corrected chi connectivity index (χ4v) is 2.25. The highest BCUT2D eigenvalue weighted by Gasteiger charge is 2.44. The molecule has 2 aliphatic rings. The van der Waals surface area contributed by atoms with Crippen LogP contribution < -0.4 is 11.2 Å². The Kier molecular flexibility index (Phi) is 1.72. The zero-order valence-corrected chi connectivity index (χ0v) is 7.18. The van der Waals surface area contributed by atoms with Gasteiger partial charge >= 0.3 is 6.03 Å². The van der Waals surface area contributed by atoms with Crippen molar-refractivity contribution in [3.8, 4) is 0 Å². The molecule has 68 valence electrons. The zero-order chi connectivity index (χ0) is 8.60. The van der Waals surface area contributed by atoms with Gasteiger partial charge in [0.1, 0.15) is 0 Å². The fourth-order valence-electron chi connectivity index (χ4n) is 2.25. The van der Waals surface area contributed by atoms with Gasteiger partial charge < -0.3 is 5.32 Å². The molecule has 2 amide bonds. The number of hydrazine groups is 1. The Hall–Kier alpha value is -0.770. The molecule has 0 aromatic carbocycles. The van der Waals surface area contributed by atoms with Gasteiger partial charge in [0.2, 0.25) is 0 Å². The molecule has 0 radical (unpaired) electrons. The van der Waals surface area contributed by atoms with Crippen LogP contribution in [0.5, 0.6) is 0 Å². The van der Waals surface area contributed by atoms with E-state index < -0.39 is 0 Å². The third-order valence-corrected chi connectivity index (χ3v) is 3.08. The third kappa shape index (κ3) is 0.982. The number of rotatable bonds is 0. The molecule has 3 N–H and O–H groups in total. The van der Waals surface area contributed by atoms with Crippen LogP contribution in [0.15, 0.2) is 0 Å². The summed E-state index contributed by atoms with van der Waals surface area (Å²) >= 11 is 0. The number of carbonyl (C=O) groups excluding carboxylic acids is 1. The minimum atomic E-state index is -0.114. The number of hydrogen-bond donors (Lipinski definition) is 2. The minimum absolute atomic E-state index is 0.0463. The summed E-state index contributed by atoms with van der Waals surface area (Å²) < 4.78 is 0. The summed E-state index contributed by atoms with van der Waals surface area (Å²) in [5, 5.41) is 4.20. The molecule has 1 spiro atoms. The maximum Gasteiger partial charge on any atom is 0.332 e. The van der Waals surface area contributed by atoms with E-state index in [1.165, 1.54) is 24.3 Å². The van der Waals surface area contributed by atoms with Gasteiger partial charge in [-0.25, -0.2) is 10.6 Å². The largest absolute Gasteiger partial charge is 0.334 e. The van der Waals surface area contributed by atoms with Crippen LogP contribution in [0.3, 0.4) is 0 Å². The van der Waals surface area contributed by atoms with Crippen LogP contribution in [0.1, 0.15) is 32.1 Å². The molecular formula is C8H15N3O. The molecule has 2 rings (SSSR count). The summed E-state index contributed by atoms with van der Waals surface area (Å²) in [6.07, 6.45) is 5.79. The summed E-state index contributed by atoms with van der Waals surface area (Å²) in [7, 11) is 0. The van der Waals surface area contributed by atoms with Crippen molar-refractivity contribution in [2.45, 2.75) is 37.6 Å². The number of nitrogens with two attached hydrogens (primary N) is 1. The van der Waals surface area contributed by atoms with Crippen LogP contribution >= 0.6 is 0 Å². The maximum atomic E-state index is 11.1. The second-order valence-electron chi connectivity index (χ2n) is 3.81. The Bertz CT molecular complexity index is 198. The van der Waals surface area contributed by atoms with Crippen molar-refractivity contribution in [1.82, 2.24) is 10.3 Å². The van der Waals surface area contributed by atoms with Crippen LogP contribution in [0.4, 0.5) is 4.79 Å². The first-order valence-corrected chi connectivity index (χ1v) is 4.57. The third-order valence-electron chi connectivity index (χ3n) is 3.08. The molecule has 0 bridgehead atoms. The van der Waals surface area contributed by atoms with Gasteiger partial charge in [0.25, 0.3) is 0 Å². The Morgan fingerprint density at radius 2 is 2.00 bits per heavy atom. The van der Waals surface area contributed by atoms with Gasteiger partial charge in [0.15, 0.2) is 0 Å². The Morgan fingerprint density at radius 1 is 1.33 bits per heavy atom. The lowest BCUT2D eigenvalue weighted by molar-refractivity contribution is 0.120. The topological polar surface area (TPSA) is 58.4 Å². The van der Waals surface area contributed by atoms with E-state index in [0.717, 1.165) is 19.4 Å².